The molecule has 31 heavy (non-hydrogen) atoms. The van der Waals surface area contributed by atoms with Gasteiger partial charge in [-0.05, 0) is 56.5 Å². The van der Waals surface area contributed by atoms with Crippen LogP contribution in [-0.2, 0) is 16.1 Å². The Hall–Kier alpha value is -2.80. The van der Waals surface area contributed by atoms with Gasteiger partial charge in [0.25, 0.3) is 5.91 Å². The molecule has 1 aromatic carbocycles. The van der Waals surface area contributed by atoms with E-state index in [9.17, 15) is 9.59 Å². The number of esters is 1. The lowest BCUT2D eigenvalue weighted by atomic mass is 9.98. The first-order chi connectivity index (χ1) is 15.0. The number of aromatic nitrogens is 1. The monoisotopic (exact) mass is 440 g/mol. The normalized spacial score (nSPS) is 16.5. The summed E-state index contributed by atoms with van der Waals surface area (Å²) in [6, 6.07) is 12.0. The van der Waals surface area contributed by atoms with Gasteiger partial charge in [-0.2, -0.15) is 0 Å². The largest absolute Gasteiger partial charge is 0.497 e. The maximum Gasteiger partial charge on any atom is 0.310 e. The van der Waals surface area contributed by atoms with Crippen molar-refractivity contribution in [3.63, 3.8) is 0 Å². The fraction of sp³-hybridized carbons (Fsp3) is 0.417. The topological polar surface area (TPSA) is 60.8 Å². The van der Waals surface area contributed by atoms with Crippen LogP contribution >= 0.6 is 11.3 Å². The molecule has 3 heterocycles. The Labute approximate surface area is 186 Å². The van der Waals surface area contributed by atoms with E-state index in [1.165, 1.54) is 4.88 Å². The molecule has 4 rings (SSSR count). The van der Waals surface area contributed by atoms with Crippen LogP contribution in [0.2, 0.25) is 0 Å². The number of piperidine rings is 1. The SMILES string of the molecule is CCOC(=O)[C@H]1CCCN(C(=O)c2cc3sc(C)cc3n2Cc2cccc(OC)c2)C1. The second-order valence-corrected chi connectivity index (χ2v) is 9.20. The average molecular weight is 441 g/mol. The molecule has 1 aliphatic rings. The predicted octanol–water partition coefficient (Wildman–Crippen LogP) is 4.48. The Balaban J connectivity index is 1.65. The Morgan fingerprint density at radius 2 is 2.06 bits per heavy atom. The van der Waals surface area contributed by atoms with Crippen LogP contribution < -0.4 is 4.74 Å². The Kier molecular flexibility index (Phi) is 6.32. The van der Waals surface area contributed by atoms with Crippen LogP contribution in [0.1, 0.15) is 40.7 Å². The summed E-state index contributed by atoms with van der Waals surface area (Å²) in [7, 11) is 1.65. The van der Waals surface area contributed by atoms with Crippen molar-refractivity contribution < 1.29 is 19.1 Å². The van der Waals surface area contributed by atoms with Gasteiger partial charge in [-0.25, -0.2) is 0 Å². The molecule has 1 fully saturated rings. The maximum absolute atomic E-state index is 13.5. The number of amides is 1. The van der Waals surface area contributed by atoms with Gasteiger partial charge in [0.15, 0.2) is 0 Å². The summed E-state index contributed by atoms with van der Waals surface area (Å²) in [5, 5.41) is 0. The van der Waals surface area contributed by atoms with Crippen molar-refractivity contribution in [2.45, 2.75) is 33.2 Å². The molecule has 0 unspecified atom stereocenters. The minimum Gasteiger partial charge on any atom is -0.497 e. The van der Waals surface area contributed by atoms with E-state index in [1.54, 1.807) is 23.3 Å². The minimum atomic E-state index is -0.247. The number of carbonyl (C=O) groups excluding carboxylic acids is 2. The van der Waals surface area contributed by atoms with E-state index < -0.39 is 0 Å². The smallest absolute Gasteiger partial charge is 0.310 e. The molecule has 0 bridgehead atoms. The minimum absolute atomic E-state index is 0.0297. The number of thiophene rings is 1. The third-order valence-electron chi connectivity index (χ3n) is 5.74. The highest BCUT2D eigenvalue weighted by Crippen LogP contribution is 2.31. The quantitative estimate of drug-likeness (QED) is 0.530. The molecule has 164 valence electrons. The third kappa shape index (κ3) is 4.46. The molecule has 0 radical (unpaired) electrons. The second-order valence-electron chi connectivity index (χ2n) is 7.92. The molecule has 6 nitrogen and oxygen atoms in total. The number of rotatable bonds is 6. The highest BCUT2D eigenvalue weighted by Gasteiger charge is 2.31. The van der Waals surface area contributed by atoms with Crippen molar-refractivity contribution >= 4 is 33.4 Å². The zero-order valence-corrected chi connectivity index (χ0v) is 19.0. The zero-order valence-electron chi connectivity index (χ0n) is 18.2. The van der Waals surface area contributed by atoms with Crippen molar-refractivity contribution in [2.75, 3.05) is 26.8 Å². The summed E-state index contributed by atoms with van der Waals surface area (Å²) < 4.78 is 13.7. The van der Waals surface area contributed by atoms with Gasteiger partial charge >= 0.3 is 5.97 Å². The van der Waals surface area contributed by atoms with Crippen molar-refractivity contribution in [3.05, 3.63) is 52.5 Å². The van der Waals surface area contributed by atoms with E-state index in [1.807, 2.05) is 37.3 Å². The van der Waals surface area contributed by atoms with Gasteiger partial charge in [0.1, 0.15) is 11.4 Å². The molecule has 0 spiro atoms. The Morgan fingerprint density at radius 3 is 2.84 bits per heavy atom. The molecular formula is C24H28N2O4S. The molecule has 1 amide bonds. The lowest BCUT2D eigenvalue weighted by Crippen LogP contribution is -2.43. The van der Waals surface area contributed by atoms with Crippen LogP contribution in [0.15, 0.2) is 36.4 Å². The number of nitrogens with zero attached hydrogens (tertiary/aromatic N) is 2. The van der Waals surface area contributed by atoms with Gasteiger partial charge in [-0.3, -0.25) is 9.59 Å². The van der Waals surface area contributed by atoms with E-state index in [0.29, 0.717) is 31.9 Å². The van der Waals surface area contributed by atoms with Gasteiger partial charge in [0, 0.05) is 24.5 Å². The predicted molar refractivity (Wildman–Crippen MR) is 122 cm³/mol. The number of methoxy groups -OCH3 is 1. The molecular weight excluding hydrogens is 412 g/mol. The van der Waals surface area contributed by atoms with Crippen LogP contribution in [0.25, 0.3) is 10.2 Å². The van der Waals surface area contributed by atoms with E-state index in [2.05, 4.69) is 17.6 Å². The fourth-order valence-corrected chi connectivity index (χ4v) is 5.20. The van der Waals surface area contributed by atoms with Crippen LogP contribution in [0, 0.1) is 12.8 Å². The number of hydrogen-bond acceptors (Lipinski definition) is 5. The van der Waals surface area contributed by atoms with Gasteiger partial charge in [-0.15, -0.1) is 11.3 Å². The average Bonchev–Trinajstić information content (AvgIpc) is 3.30. The van der Waals surface area contributed by atoms with Crippen molar-refractivity contribution in [1.82, 2.24) is 9.47 Å². The number of carbonyl (C=O) groups is 2. The van der Waals surface area contributed by atoms with Crippen LogP contribution in [0.3, 0.4) is 0 Å². The standard InChI is InChI=1S/C24H28N2O4S/c1-4-30-24(28)18-8-6-10-25(15-18)23(27)21-13-22-20(11-16(2)31-22)26(21)14-17-7-5-9-19(12-17)29-3/h5,7,9,11-13,18H,4,6,8,10,14-15H2,1-3H3/t18-/m0/s1. The highest BCUT2D eigenvalue weighted by molar-refractivity contribution is 7.19. The summed E-state index contributed by atoms with van der Waals surface area (Å²) in [6.45, 7) is 5.90. The maximum atomic E-state index is 13.5. The summed E-state index contributed by atoms with van der Waals surface area (Å²) in [4.78, 5) is 28.8. The number of fused-ring (bicyclic) bond motifs is 1. The summed E-state index contributed by atoms with van der Waals surface area (Å²) >= 11 is 1.69. The lowest BCUT2D eigenvalue weighted by molar-refractivity contribution is -0.149. The Morgan fingerprint density at radius 1 is 1.23 bits per heavy atom. The van der Waals surface area contributed by atoms with Crippen LogP contribution in [0.4, 0.5) is 0 Å². The molecule has 7 heteroatoms. The fourth-order valence-electron chi connectivity index (χ4n) is 4.24. The summed E-state index contributed by atoms with van der Waals surface area (Å²) in [5.74, 6) is 0.313. The van der Waals surface area contributed by atoms with Gasteiger partial charge < -0.3 is 18.9 Å². The molecule has 1 aliphatic heterocycles. The first-order valence-corrected chi connectivity index (χ1v) is 11.5. The van der Waals surface area contributed by atoms with E-state index in [0.717, 1.165) is 34.4 Å². The first-order valence-electron chi connectivity index (χ1n) is 10.7. The lowest BCUT2D eigenvalue weighted by Gasteiger charge is -2.31. The molecule has 1 saturated heterocycles. The highest BCUT2D eigenvalue weighted by atomic mass is 32.1. The summed E-state index contributed by atoms with van der Waals surface area (Å²) in [6.07, 6.45) is 1.57. The van der Waals surface area contributed by atoms with Gasteiger partial charge in [-0.1, -0.05) is 12.1 Å². The van der Waals surface area contributed by atoms with Crippen LogP contribution in [-0.4, -0.2) is 48.1 Å². The zero-order chi connectivity index (χ0) is 22.0. The third-order valence-corrected chi connectivity index (χ3v) is 6.72. The molecule has 0 aliphatic carbocycles. The van der Waals surface area contributed by atoms with E-state index >= 15 is 0 Å². The molecule has 0 saturated carbocycles. The number of ether oxygens (including phenoxy) is 2. The second kappa shape index (κ2) is 9.14. The molecule has 0 N–H and O–H groups in total. The molecule has 3 aromatic rings. The van der Waals surface area contributed by atoms with Crippen LogP contribution in [0.5, 0.6) is 5.75 Å². The number of aryl methyl sites for hydroxylation is 1. The van der Waals surface area contributed by atoms with E-state index in [4.69, 9.17) is 9.47 Å². The number of benzene rings is 1. The van der Waals surface area contributed by atoms with Crippen molar-refractivity contribution in [1.29, 1.82) is 0 Å². The number of hydrogen-bond donors (Lipinski definition) is 0. The first kappa shape index (κ1) is 21.4. The molecule has 2 aromatic heterocycles. The van der Waals surface area contributed by atoms with Crippen molar-refractivity contribution in [3.8, 4) is 5.75 Å². The summed E-state index contributed by atoms with van der Waals surface area (Å²) in [5.41, 5.74) is 2.79. The van der Waals surface area contributed by atoms with Gasteiger partial charge in [0.2, 0.25) is 0 Å². The van der Waals surface area contributed by atoms with E-state index in [-0.39, 0.29) is 17.8 Å². The Bertz CT molecular complexity index is 1100. The molecule has 1 atom stereocenters. The number of likely N-dealkylation sites (tertiary alicyclic amines) is 1. The van der Waals surface area contributed by atoms with Crippen molar-refractivity contribution in [2.24, 2.45) is 5.92 Å². The van der Waals surface area contributed by atoms with Gasteiger partial charge in [0.05, 0.1) is 29.9 Å².